The van der Waals surface area contributed by atoms with E-state index >= 15 is 0 Å². The molecule has 1 aliphatic rings. The van der Waals surface area contributed by atoms with Gasteiger partial charge in [0.05, 0.1) is 5.41 Å². The summed E-state index contributed by atoms with van der Waals surface area (Å²) in [6.07, 6.45) is 2.58. The Hall–Kier alpha value is -0.790. The van der Waals surface area contributed by atoms with E-state index in [1.165, 1.54) is 11.1 Å². The minimum absolute atomic E-state index is 0.185. The molecule has 0 aromatic carbocycles. The Labute approximate surface area is 105 Å². The topological polar surface area (TPSA) is 37.3 Å². The molecule has 1 fully saturated rings. The molecule has 0 saturated heterocycles. The van der Waals surface area contributed by atoms with Crippen molar-refractivity contribution >= 4 is 5.97 Å². The molecule has 0 heterocycles. The SMILES string of the molecule is CC[C@@](C)(C[C@@H]1CC(=C(C)C)C1(C)C)C(=O)O. The summed E-state index contributed by atoms with van der Waals surface area (Å²) >= 11 is 0. The van der Waals surface area contributed by atoms with Crippen LogP contribution in [0.3, 0.4) is 0 Å². The van der Waals surface area contributed by atoms with Gasteiger partial charge in [-0.15, -0.1) is 0 Å². The predicted molar refractivity (Wildman–Crippen MR) is 70.9 cm³/mol. The van der Waals surface area contributed by atoms with Gasteiger partial charge in [-0.1, -0.05) is 31.9 Å². The summed E-state index contributed by atoms with van der Waals surface area (Å²) in [4.78, 5) is 11.3. The van der Waals surface area contributed by atoms with E-state index in [0.29, 0.717) is 12.3 Å². The number of hydrogen-bond acceptors (Lipinski definition) is 1. The lowest BCUT2D eigenvalue weighted by Crippen LogP contribution is -2.43. The summed E-state index contributed by atoms with van der Waals surface area (Å²) in [7, 11) is 0. The summed E-state index contributed by atoms with van der Waals surface area (Å²) in [5, 5.41) is 9.33. The third-order valence-corrected chi connectivity index (χ3v) is 4.85. The van der Waals surface area contributed by atoms with Crippen LogP contribution in [0.15, 0.2) is 11.1 Å². The Morgan fingerprint density at radius 2 is 2.00 bits per heavy atom. The maximum Gasteiger partial charge on any atom is 0.309 e. The van der Waals surface area contributed by atoms with Crippen molar-refractivity contribution in [2.75, 3.05) is 0 Å². The molecule has 2 nitrogen and oxygen atoms in total. The molecule has 2 heteroatoms. The highest BCUT2D eigenvalue weighted by Crippen LogP contribution is 2.56. The highest BCUT2D eigenvalue weighted by Gasteiger charge is 2.48. The number of allylic oxidation sites excluding steroid dienone is 2. The molecule has 0 amide bonds. The second-order valence-electron chi connectivity index (χ2n) is 6.52. The first-order valence-corrected chi connectivity index (χ1v) is 6.55. The van der Waals surface area contributed by atoms with E-state index in [1.807, 2.05) is 13.8 Å². The van der Waals surface area contributed by atoms with Crippen LogP contribution in [0.25, 0.3) is 0 Å². The van der Waals surface area contributed by atoms with Gasteiger partial charge in [0.25, 0.3) is 0 Å². The summed E-state index contributed by atoms with van der Waals surface area (Å²) < 4.78 is 0. The van der Waals surface area contributed by atoms with Crippen LogP contribution in [0.4, 0.5) is 0 Å². The van der Waals surface area contributed by atoms with E-state index in [-0.39, 0.29) is 5.41 Å². The van der Waals surface area contributed by atoms with Crippen LogP contribution in [0.5, 0.6) is 0 Å². The number of rotatable bonds is 4. The Morgan fingerprint density at radius 3 is 2.29 bits per heavy atom. The first-order valence-electron chi connectivity index (χ1n) is 6.55. The van der Waals surface area contributed by atoms with Gasteiger partial charge < -0.3 is 5.11 Å². The van der Waals surface area contributed by atoms with Gasteiger partial charge in [-0.05, 0) is 51.4 Å². The molecule has 0 aliphatic heterocycles. The lowest BCUT2D eigenvalue weighted by molar-refractivity contribution is -0.150. The number of carboxylic acid groups (broad SMARTS) is 1. The van der Waals surface area contributed by atoms with Gasteiger partial charge in [0.2, 0.25) is 0 Å². The van der Waals surface area contributed by atoms with Crippen LogP contribution in [0.2, 0.25) is 0 Å². The van der Waals surface area contributed by atoms with E-state index in [9.17, 15) is 9.90 Å². The minimum Gasteiger partial charge on any atom is -0.481 e. The number of aliphatic carboxylic acids is 1. The fourth-order valence-corrected chi connectivity index (χ4v) is 2.98. The van der Waals surface area contributed by atoms with Crippen molar-refractivity contribution in [3.63, 3.8) is 0 Å². The maximum atomic E-state index is 11.3. The summed E-state index contributed by atoms with van der Waals surface area (Å²) in [6, 6.07) is 0. The quantitative estimate of drug-likeness (QED) is 0.743. The van der Waals surface area contributed by atoms with E-state index in [0.717, 1.165) is 12.8 Å². The van der Waals surface area contributed by atoms with Gasteiger partial charge in [-0.2, -0.15) is 0 Å². The first-order chi connectivity index (χ1) is 7.65. The standard InChI is InChI=1S/C15H26O2/c1-7-15(6,13(16)17)9-11-8-12(10(2)3)14(11,4)5/h11H,7-9H2,1-6H3,(H,16,17)/t11-,15-/m0/s1. The van der Waals surface area contributed by atoms with Gasteiger partial charge in [0.15, 0.2) is 0 Å². The fraction of sp³-hybridized carbons (Fsp3) is 0.800. The largest absolute Gasteiger partial charge is 0.481 e. The van der Waals surface area contributed by atoms with Crippen molar-refractivity contribution in [2.45, 2.75) is 60.8 Å². The van der Waals surface area contributed by atoms with E-state index in [2.05, 4.69) is 27.7 Å². The van der Waals surface area contributed by atoms with Crippen molar-refractivity contribution in [1.82, 2.24) is 0 Å². The molecule has 98 valence electrons. The van der Waals surface area contributed by atoms with Gasteiger partial charge in [0.1, 0.15) is 0 Å². The van der Waals surface area contributed by atoms with Crippen molar-refractivity contribution in [1.29, 1.82) is 0 Å². The van der Waals surface area contributed by atoms with Crippen molar-refractivity contribution in [3.8, 4) is 0 Å². The monoisotopic (exact) mass is 238 g/mol. The molecule has 1 N–H and O–H groups in total. The smallest absolute Gasteiger partial charge is 0.309 e. The second-order valence-corrected chi connectivity index (χ2v) is 6.52. The van der Waals surface area contributed by atoms with Gasteiger partial charge in [-0.25, -0.2) is 0 Å². The number of carboxylic acids is 1. The zero-order valence-electron chi connectivity index (χ0n) is 12.1. The van der Waals surface area contributed by atoms with Crippen molar-refractivity contribution in [2.24, 2.45) is 16.7 Å². The molecule has 1 aliphatic carbocycles. The van der Waals surface area contributed by atoms with Gasteiger partial charge in [0, 0.05) is 0 Å². The molecule has 0 spiro atoms. The Morgan fingerprint density at radius 1 is 1.47 bits per heavy atom. The normalized spacial score (nSPS) is 26.0. The van der Waals surface area contributed by atoms with Crippen LogP contribution < -0.4 is 0 Å². The molecule has 0 bridgehead atoms. The van der Waals surface area contributed by atoms with E-state index < -0.39 is 11.4 Å². The zero-order valence-corrected chi connectivity index (χ0v) is 12.1. The first kappa shape index (κ1) is 14.3. The molecular weight excluding hydrogens is 212 g/mol. The molecule has 1 saturated carbocycles. The Balaban J connectivity index is 2.81. The van der Waals surface area contributed by atoms with Gasteiger partial charge in [-0.3, -0.25) is 4.79 Å². The van der Waals surface area contributed by atoms with E-state index in [4.69, 9.17) is 0 Å². The van der Waals surface area contributed by atoms with Crippen LogP contribution in [0.1, 0.15) is 60.8 Å². The zero-order chi connectivity index (χ0) is 13.4. The predicted octanol–water partition coefficient (Wildman–Crippen LogP) is 4.26. The lowest BCUT2D eigenvalue weighted by atomic mass is 9.53. The van der Waals surface area contributed by atoms with Crippen LogP contribution in [0, 0.1) is 16.7 Å². The average Bonchev–Trinajstić information content (AvgIpc) is 2.22. The molecule has 2 atom stereocenters. The van der Waals surface area contributed by atoms with Crippen molar-refractivity contribution in [3.05, 3.63) is 11.1 Å². The molecule has 0 radical (unpaired) electrons. The lowest BCUT2D eigenvalue weighted by Gasteiger charge is -2.51. The maximum absolute atomic E-state index is 11.3. The Bertz CT molecular complexity index is 348. The number of hydrogen-bond donors (Lipinski definition) is 1. The second kappa shape index (κ2) is 4.47. The van der Waals surface area contributed by atoms with Crippen molar-refractivity contribution < 1.29 is 9.90 Å². The van der Waals surface area contributed by atoms with Crippen LogP contribution >= 0.6 is 0 Å². The summed E-state index contributed by atoms with van der Waals surface area (Å²) in [6.45, 7) is 12.7. The molecule has 0 aromatic rings. The number of carbonyl (C=O) groups is 1. The fourth-order valence-electron chi connectivity index (χ4n) is 2.98. The molecule has 0 aromatic heterocycles. The minimum atomic E-state index is -0.651. The van der Waals surface area contributed by atoms with Crippen LogP contribution in [-0.2, 0) is 4.79 Å². The third-order valence-electron chi connectivity index (χ3n) is 4.85. The average molecular weight is 238 g/mol. The van der Waals surface area contributed by atoms with Crippen LogP contribution in [-0.4, -0.2) is 11.1 Å². The van der Waals surface area contributed by atoms with E-state index in [1.54, 1.807) is 0 Å². The highest BCUT2D eigenvalue weighted by molar-refractivity contribution is 5.74. The Kier molecular flexibility index (Phi) is 3.75. The third kappa shape index (κ3) is 2.41. The molecule has 17 heavy (non-hydrogen) atoms. The highest BCUT2D eigenvalue weighted by atomic mass is 16.4. The summed E-state index contributed by atoms with van der Waals surface area (Å²) in [5.74, 6) is -0.144. The van der Waals surface area contributed by atoms with Gasteiger partial charge >= 0.3 is 5.97 Å². The molecule has 1 rings (SSSR count). The summed E-state index contributed by atoms with van der Waals surface area (Å²) in [5.41, 5.74) is 2.55. The molecule has 0 unspecified atom stereocenters. The molecular formula is C15H26O2.